The van der Waals surface area contributed by atoms with Crippen molar-refractivity contribution < 1.29 is 14.4 Å². The van der Waals surface area contributed by atoms with Crippen LogP contribution in [0.1, 0.15) is 19.8 Å². The molecule has 0 aliphatic rings. The summed E-state index contributed by atoms with van der Waals surface area (Å²) >= 11 is 3.39. The van der Waals surface area contributed by atoms with Crippen LogP contribution in [0.5, 0.6) is 0 Å². The summed E-state index contributed by atoms with van der Waals surface area (Å²) in [5, 5.41) is -0.494. The molecule has 0 amide bonds. The third kappa shape index (κ3) is 5.50. The Morgan fingerprint density at radius 2 is 1.70 bits per heavy atom. The molecule has 0 unspecified atom stereocenters. The number of rotatable bonds is 4. The Bertz CT molecular complexity index is 156. The van der Waals surface area contributed by atoms with Crippen LogP contribution in [0.2, 0.25) is 0 Å². The molecule has 0 fully saturated rings. The fraction of sp³-hybridized carbons (Fsp3) is 0.500. The molecule has 0 spiro atoms. The average Bonchev–Trinajstić information content (AvgIpc) is 1.58. The van der Waals surface area contributed by atoms with Gasteiger partial charge in [0.2, 0.25) is 0 Å². The molecule has 0 saturated carbocycles. The second-order valence-corrected chi connectivity index (χ2v) is 2.49. The molecule has 10 heavy (non-hydrogen) atoms. The van der Waals surface area contributed by atoms with Crippen LogP contribution in [0.4, 0.5) is 0 Å². The molecular weight excluding hydrogens is 152 g/mol. The molecule has 0 rings (SSSR count). The molecule has 0 heterocycles. The third-order valence-electron chi connectivity index (χ3n) is 0.795. The highest BCUT2D eigenvalue weighted by Gasteiger charge is 2.07. The van der Waals surface area contributed by atoms with Gasteiger partial charge in [-0.2, -0.15) is 0 Å². The fourth-order valence-corrected chi connectivity index (χ4v) is 0.685. The van der Waals surface area contributed by atoms with Crippen molar-refractivity contribution in [3.8, 4) is 0 Å². The highest BCUT2D eigenvalue weighted by molar-refractivity contribution is 7.96. The SMILES string of the molecule is CC(=O)CC(=O)CC(=O)S. The highest BCUT2D eigenvalue weighted by atomic mass is 32.1. The lowest BCUT2D eigenvalue weighted by Crippen LogP contribution is -2.06. The number of carbonyl (C=O) groups excluding carboxylic acids is 3. The van der Waals surface area contributed by atoms with Crippen molar-refractivity contribution in [3.05, 3.63) is 0 Å². The molecule has 0 bridgehead atoms. The Balaban J connectivity index is 3.65. The monoisotopic (exact) mass is 160 g/mol. The fourth-order valence-electron chi connectivity index (χ4n) is 0.509. The van der Waals surface area contributed by atoms with Gasteiger partial charge in [-0.25, -0.2) is 0 Å². The molecule has 0 saturated heterocycles. The van der Waals surface area contributed by atoms with E-state index in [1.807, 2.05) is 0 Å². The minimum absolute atomic E-state index is 0.160. The second kappa shape index (κ2) is 4.22. The van der Waals surface area contributed by atoms with E-state index < -0.39 is 5.12 Å². The van der Waals surface area contributed by atoms with E-state index in [-0.39, 0.29) is 24.4 Å². The van der Waals surface area contributed by atoms with Gasteiger partial charge in [0.25, 0.3) is 0 Å². The minimum Gasteiger partial charge on any atom is -0.300 e. The lowest BCUT2D eigenvalue weighted by molar-refractivity contribution is -0.127. The van der Waals surface area contributed by atoms with E-state index in [1.54, 1.807) is 0 Å². The standard InChI is InChI=1S/C6H8O3S/c1-4(7)2-5(8)3-6(9)10/h2-3H2,1H3,(H,9,10). The van der Waals surface area contributed by atoms with E-state index in [9.17, 15) is 14.4 Å². The van der Waals surface area contributed by atoms with Crippen LogP contribution in [-0.4, -0.2) is 16.7 Å². The summed E-state index contributed by atoms with van der Waals surface area (Å²) in [6, 6.07) is 0. The second-order valence-electron chi connectivity index (χ2n) is 1.99. The van der Waals surface area contributed by atoms with Crippen molar-refractivity contribution >= 4 is 29.3 Å². The van der Waals surface area contributed by atoms with Crippen LogP contribution in [0, 0.1) is 0 Å². The summed E-state index contributed by atoms with van der Waals surface area (Å²) in [6.45, 7) is 1.31. The molecule has 3 nitrogen and oxygen atoms in total. The Morgan fingerprint density at radius 3 is 2.00 bits per heavy atom. The van der Waals surface area contributed by atoms with Crippen molar-refractivity contribution in [2.45, 2.75) is 19.8 Å². The molecule has 0 atom stereocenters. The summed E-state index contributed by atoms with van der Waals surface area (Å²) in [6.07, 6.45) is -0.408. The summed E-state index contributed by atoms with van der Waals surface area (Å²) in [4.78, 5) is 31.0. The molecule has 0 aromatic rings. The zero-order valence-corrected chi connectivity index (χ0v) is 6.48. The normalized spacial score (nSPS) is 9.00. The van der Waals surface area contributed by atoms with Gasteiger partial charge in [-0.05, 0) is 6.92 Å². The molecule has 0 aliphatic heterocycles. The van der Waals surface area contributed by atoms with E-state index in [0.717, 1.165) is 0 Å². The van der Waals surface area contributed by atoms with Gasteiger partial charge in [0, 0.05) is 0 Å². The lowest BCUT2D eigenvalue weighted by Gasteiger charge is -1.90. The Hall–Kier alpha value is -0.640. The first kappa shape index (κ1) is 9.36. The minimum atomic E-state index is -0.494. The Morgan fingerprint density at radius 1 is 1.20 bits per heavy atom. The van der Waals surface area contributed by atoms with Crippen LogP contribution < -0.4 is 0 Å². The van der Waals surface area contributed by atoms with Crippen LogP contribution in [0.25, 0.3) is 0 Å². The van der Waals surface area contributed by atoms with Crippen molar-refractivity contribution in [1.29, 1.82) is 0 Å². The summed E-state index contributed by atoms with van der Waals surface area (Å²) in [5.41, 5.74) is 0. The molecule has 4 heteroatoms. The third-order valence-corrected chi connectivity index (χ3v) is 0.953. The largest absolute Gasteiger partial charge is 0.300 e. The summed E-state index contributed by atoms with van der Waals surface area (Å²) < 4.78 is 0. The number of ketones is 2. The zero-order chi connectivity index (χ0) is 8.15. The van der Waals surface area contributed by atoms with Crippen molar-refractivity contribution in [2.75, 3.05) is 0 Å². The topological polar surface area (TPSA) is 51.2 Å². The van der Waals surface area contributed by atoms with Crippen LogP contribution in [-0.2, 0) is 14.4 Å². The first-order chi connectivity index (χ1) is 4.52. The van der Waals surface area contributed by atoms with E-state index in [4.69, 9.17) is 0 Å². The van der Waals surface area contributed by atoms with E-state index in [0.29, 0.717) is 0 Å². The maximum atomic E-state index is 10.6. The molecule has 56 valence electrons. The molecular formula is C6H8O3S. The van der Waals surface area contributed by atoms with E-state index in [1.165, 1.54) is 6.92 Å². The smallest absolute Gasteiger partial charge is 0.193 e. The average molecular weight is 160 g/mol. The van der Waals surface area contributed by atoms with Crippen LogP contribution >= 0.6 is 12.6 Å². The van der Waals surface area contributed by atoms with Crippen molar-refractivity contribution in [1.82, 2.24) is 0 Å². The van der Waals surface area contributed by atoms with Crippen LogP contribution in [0.3, 0.4) is 0 Å². The van der Waals surface area contributed by atoms with Gasteiger partial charge in [-0.1, -0.05) is 0 Å². The van der Waals surface area contributed by atoms with Gasteiger partial charge in [-0.3, -0.25) is 14.4 Å². The van der Waals surface area contributed by atoms with Crippen molar-refractivity contribution in [2.24, 2.45) is 0 Å². The van der Waals surface area contributed by atoms with Gasteiger partial charge in [0.05, 0.1) is 12.8 Å². The Kier molecular flexibility index (Phi) is 3.95. The zero-order valence-electron chi connectivity index (χ0n) is 5.59. The number of thiol groups is 1. The molecule has 0 aromatic heterocycles. The number of hydrogen-bond donors (Lipinski definition) is 1. The molecule has 0 N–H and O–H groups in total. The Labute approximate surface area is 64.2 Å². The summed E-state index contributed by atoms with van der Waals surface area (Å²) in [7, 11) is 0. The molecule has 0 aromatic carbocycles. The van der Waals surface area contributed by atoms with E-state index >= 15 is 0 Å². The summed E-state index contributed by atoms with van der Waals surface area (Å²) in [5.74, 6) is -0.591. The predicted octanol–water partition coefficient (Wildman–Crippen LogP) is 0.381. The van der Waals surface area contributed by atoms with Gasteiger partial charge >= 0.3 is 0 Å². The van der Waals surface area contributed by atoms with Crippen molar-refractivity contribution in [3.63, 3.8) is 0 Å². The van der Waals surface area contributed by atoms with E-state index in [2.05, 4.69) is 12.6 Å². The maximum Gasteiger partial charge on any atom is 0.193 e. The first-order valence-electron chi connectivity index (χ1n) is 2.75. The maximum absolute atomic E-state index is 10.6. The number of hydrogen-bond acceptors (Lipinski definition) is 3. The van der Waals surface area contributed by atoms with Crippen LogP contribution in [0.15, 0.2) is 0 Å². The van der Waals surface area contributed by atoms with Gasteiger partial charge in [0.15, 0.2) is 5.12 Å². The quantitative estimate of drug-likeness (QED) is 0.478. The first-order valence-corrected chi connectivity index (χ1v) is 3.20. The van der Waals surface area contributed by atoms with Gasteiger partial charge < -0.3 is 0 Å². The molecule has 0 radical (unpaired) electrons. The lowest BCUT2D eigenvalue weighted by atomic mass is 10.2. The highest BCUT2D eigenvalue weighted by Crippen LogP contribution is 1.94. The number of carbonyl (C=O) groups is 3. The van der Waals surface area contributed by atoms with Gasteiger partial charge in [-0.15, -0.1) is 12.6 Å². The van der Waals surface area contributed by atoms with Gasteiger partial charge in [0.1, 0.15) is 11.6 Å². The molecule has 0 aliphatic carbocycles. The predicted molar refractivity (Wildman–Crippen MR) is 38.9 cm³/mol. The number of Topliss-reactive ketones (excluding diaryl/α,β-unsaturated/α-hetero) is 2.